The van der Waals surface area contributed by atoms with E-state index in [1.54, 1.807) is 6.92 Å². The first kappa shape index (κ1) is 13.2. The van der Waals surface area contributed by atoms with E-state index in [1.165, 1.54) is 38.5 Å². The van der Waals surface area contributed by atoms with Gasteiger partial charge in [0.25, 0.3) is 0 Å². The fraction of sp³-hybridized carbons (Fsp3) is 0.824. The van der Waals surface area contributed by atoms with Gasteiger partial charge < -0.3 is 4.74 Å². The Kier molecular flexibility index (Phi) is 2.85. The standard InChI is InChI=1S/C17H26O2/c1-11(2)15(18)19-16(3,4)17-8-12-5-13(9-17)7-14(6-12)10-17/h12-14H,1,5-10H2,2-4H3. The second-order valence-electron chi connectivity index (χ2n) is 7.88. The molecule has 106 valence electrons. The third-order valence-electron chi connectivity index (χ3n) is 6.01. The van der Waals surface area contributed by atoms with Gasteiger partial charge in [0, 0.05) is 11.0 Å². The number of rotatable bonds is 3. The number of carbonyl (C=O) groups excluding carboxylic acids is 1. The lowest BCUT2D eigenvalue weighted by molar-refractivity contribution is -0.195. The molecule has 0 radical (unpaired) electrons. The second-order valence-corrected chi connectivity index (χ2v) is 7.88. The van der Waals surface area contributed by atoms with Gasteiger partial charge in [0.1, 0.15) is 5.60 Å². The van der Waals surface area contributed by atoms with Gasteiger partial charge in [0.05, 0.1) is 0 Å². The van der Waals surface area contributed by atoms with E-state index >= 15 is 0 Å². The summed E-state index contributed by atoms with van der Waals surface area (Å²) < 4.78 is 5.85. The van der Waals surface area contributed by atoms with E-state index in [1.807, 2.05) is 0 Å². The highest BCUT2D eigenvalue weighted by Gasteiger charge is 2.58. The highest BCUT2D eigenvalue weighted by molar-refractivity contribution is 5.87. The Morgan fingerprint density at radius 3 is 1.89 bits per heavy atom. The summed E-state index contributed by atoms with van der Waals surface area (Å²) in [4.78, 5) is 11.9. The van der Waals surface area contributed by atoms with Crippen molar-refractivity contribution in [2.24, 2.45) is 23.2 Å². The summed E-state index contributed by atoms with van der Waals surface area (Å²) in [6.07, 6.45) is 8.04. The van der Waals surface area contributed by atoms with Crippen molar-refractivity contribution in [2.75, 3.05) is 0 Å². The predicted octanol–water partition coefficient (Wildman–Crippen LogP) is 4.10. The van der Waals surface area contributed by atoms with Gasteiger partial charge in [-0.25, -0.2) is 4.79 Å². The Bertz CT molecular complexity index is 384. The monoisotopic (exact) mass is 262 g/mol. The highest BCUT2D eigenvalue weighted by Crippen LogP contribution is 2.64. The quantitative estimate of drug-likeness (QED) is 0.565. The molecule has 0 aromatic carbocycles. The molecular weight excluding hydrogens is 236 g/mol. The molecule has 4 saturated carbocycles. The van der Waals surface area contributed by atoms with E-state index in [0.717, 1.165) is 17.8 Å². The third-order valence-corrected chi connectivity index (χ3v) is 6.01. The molecule has 0 unspecified atom stereocenters. The highest BCUT2D eigenvalue weighted by atomic mass is 16.6. The molecule has 0 aromatic heterocycles. The molecule has 2 heteroatoms. The molecule has 0 atom stereocenters. The molecule has 4 aliphatic carbocycles. The van der Waals surface area contributed by atoms with Crippen LogP contribution < -0.4 is 0 Å². The van der Waals surface area contributed by atoms with Gasteiger partial charge in [-0.1, -0.05) is 6.58 Å². The van der Waals surface area contributed by atoms with Crippen molar-refractivity contribution in [2.45, 2.75) is 64.9 Å². The molecule has 2 nitrogen and oxygen atoms in total. The van der Waals surface area contributed by atoms with Crippen LogP contribution in [-0.2, 0) is 9.53 Å². The molecule has 4 aliphatic rings. The average Bonchev–Trinajstić information content (AvgIpc) is 2.25. The zero-order chi connectivity index (χ0) is 13.8. The van der Waals surface area contributed by atoms with Gasteiger partial charge in [-0.2, -0.15) is 0 Å². The summed E-state index contributed by atoms with van der Waals surface area (Å²) in [7, 11) is 0. The number of hydrogen-bond donors (Lipinski definition) is 0. The molecule has 4 fully saturated rings. The molecule has 0 heterocycles. The minimum Gasteiger partial charge on any atom is -0.456 e. The van der Waals surface area contributed by atoms with Gasteiger partial charge in [0.15, 0.2) is 0 Å². The molecule has 4 rings (SSSR count). The van der Waals surface area contributed by atoms with Crippen molar-refractivity contribution in [3.63, 3.8) is 0 Å². The van der Waals surface area contributed by atoms with Crippen LogP contribution in [0.4, 0.5) is 0 Å². The van der Waals surface area contributed by atoms with Gasteiger partial charge in [-0.15, -0.1) is 0 Å². The molecule has 0 aromatic rings. The van der Waals surface area contributed by atoms with Crippen LogP contribution in [0.2, 0.25) is 0 Å². The molecule has 0 N–H and O–H groups in total. The predicted molar refractivity (Wildman–Crippen MR) is 75.6 cm³/mol. The van der Waals surface area contributed by atoms with E-state index in [4.69, 9.17) is 4.74 Å². The normalized spacial score (nSPS) is 40.3. The maximum Gasteiger partial charge on any atom is 0.333 e. The summed E-state index contributed by atoms with van der Waals surface area (Å²) in [5.74, 6) is 2.43. The fourth-order valence-corrected chi connectivity index (χ4v) is 5.28. The minimum atomic E-state index is -0.348. The maximum atomic E-state index is 11.9. The van der Waals surface area contributed by atoms with E-state index in [9.17, 15) is 4.79 Å². The van der Waals surface area contributed by atoms with Crippen LogP contribution in [0.5, 0.6) is 0 Å². The van der Waals surface area contributed by atoms with Crippen molar-refractivity contribution in [3.05, 3.63) is 12.2 Å². The van der Waals surface area contributed by atoms with Crippen molar-refractivity contribution in [1.29, 1.82) is 0 Å². The summed E-state index contributed by atoms with van der Waals surface area (Å²) in [6.45, 7) is 9.70. The molecule has 0 spiro atoms. The van der Waals surface area contributed by atoms with Gasteiger partial charge >= 0.3 is 5.97 Å². The van der Waals surface area contributed by atoms with Crippen LogP contribution in [0, 0.1) is 23.2 Å². The molecule has 0 saturated heterocycles. The summed E-state index contributed by atoms with van der Waals surface area (Å²) in [5.41, 5.74) is 0.393. The van der Waals surface area contributed by atoms with Crippen LogP contribution in [0.15, 0.2) is 12.2 Å². The summed E-state index contributed by atoms with van der Waals surface area (Å²) >= 11 is 0. The van der Waals surface area contributed by atoms with E-state index in [0.29, 0.717) is 5.57 Å². The molecular formula is C17H26O2. The summed E-state index contributed by atoms with van der Waals surface area (Å²) in [5, 5.41) is 0. The molecule has 0 aliphatic heterocycles. The van der Waals surface area contributed by atoms with Crippen molar-refractivity contribution in [3.8, 4) is 0 Å². The Morgan fingerprint density at radius 1 is 1.11 bits per heavy atom. The lowest BCUT2D eigenvalue weighted by atomic mass is 9.46. The Hall–Kier alpha value is -0.790. The number of carbonyl (C=O) groups is 1. The van der Waals surface area contributed by atoms with E-state index in [2.05, 4.69) is 20.4 Å². The lowest BCUT2D eigenvalue weighted by Crippen LogP contribution is -2.57. The maximum absolute atomic E-state index is 11.9. The Balaban J connectivity index is 1.83. The van der Waals surface area contributed by atoms with E-state index < -0.39 is 0 Å². The molecule has 0 amide bonds. The van der Waals surface area contributed by atoms with Crippen LogP contribution >= 0.6 is 0 Å². The smallest absolute Gasteiger partial charge is 0.333 e. The van der Waals surface area contributed by atoms with Crippen LogP contribution in [0.3, 0.4) is 0 Å². The average molecular weight is 262 g/mol. The van der Waals surface area contributed by atoms with Crippen LogP contribution in [0.25, 0.3) is 0 Å². The van der Waals surface area contributed by atoms with Crippen LogP contribution in [0.1, 0.15) is 59.3 Å². The number of ether oxygens (including phenoxy) is 1. The minimum absolute atomic E-state index is 0.222. The van der Waals surface area contributed by atoms with Crippen molar-refractivity contribution in [1.82, 2.24) is 0 Å². The Labute approximate surface area is 116 Å². The SMILES string of the molecule is C=C(C)C(=O)OC(C)(C)C12CC3CC(CC(C3)C1)C2. The molecule has 19 heavy (non-hydrogen) atoms. The third kappa shape index (κ3) is 2.04. The zero-order valence-corrected chi connectivity index (χ0v) is 12.5. The second kappa shape index (κ2) is 4.10. The Morgan fingerprint density at radius 2 is 1.53 bits per heavy atom. The summed E-state index contributed by atoms with van der Waals surface area (Å²) in [6, 6.07) is 0. The zero-order valence-electron chi connectivity index (χ0n) is 12.5. The first-order valence-corrected chi connectivity index (χ1v) is 7.70. The van der Waals surface area contributed by atoms with Crippen molar-refractivity contribution >= 4 is 5.97 Å². The topological polar surface area (TPSA) is 26.3 Å². The first-order chi connectivity index (χ1) is 8.81. The fourth-order valence-electron chi connectivity index (χ4n) is 5.28. The van der Waals surface area contributed by atoms with E-state index in [-0.39, 0.29) is 17.0 Å². The van der Waals surface area contributed by atoms with Gasteiger partial charge in [-0.3, -0.25) is 0 Å². The first-order valence-electron chi connectivity index (χ1n) is 7.70. The molecule has 4 bridgehead atoms. The van der Waals surface area contributed by atoms with Crippen LogP contribution in [-0.4, -0.2) is 11.6 Å². The van der Waals surface area contributed by atoms with Crippen molar-refractivity contribution < 1.29 is 9.53 Å². The largest absolute Gasteiger partial charge is 0.456 e. The lowest BCUT2D eigenvalue weighted by Gasteiger charge is -2.61. The van der Waals surface area contributed by atoms with Gasteiger partial charge in [-0.05, 0) is 77.0 Å². The number of hydrogen-bond acceptors (Lipinski definition) is 2. The number of esters is 1. The van der Waals surface area contributed by atoms with Gasteiger partial charge in [0.2, 0.25) is 0 Å².